The van der Waals surface area contributed by atoms with Crippen LogP contribution in [-0.4, -0.2) is 218 Å². The Kier molecular flexibility index (Phi) is 34.3. The van der Waals surface area contributed by atoms with Gasteiger partial charge in [0.15, 0.2) is 17.3 Å². The molecule has 598 valence electrons. The number of amides is 6. The second-order valence-corrected chi connectivity index (χ2v) is 28.4. The number of likely N-dealkylation sites (tertiary alicyclic amines) is 1. The van der Waals surface area contributed by atoms with Crippen molar-refractivity contribution >= 4 is 71.0 Å². The lowest BCUT2D eigenvalue weighted by molar-refractivity contribution is -0.145. The van der Waals surface area contributed by atoms with Crippen molar-refractivity contribution in [3.63, 3.8) is 0 Å². The van der Waals surface area contributed by atoms with E-state index < -0.39 is 12.0 Å². The number of ketones is 1. The van der Waals surface area contributed by atoms with Gasteiger partial charge < -0.3 is 77.3 Å². The van der Waals surface area contributed by atoms with Crippen molar-refractivity contribution in [3.8, 4) is 29.1 Å². The molecule has 4 aromatic carbocycles. The normalized spacial score (nSPS) is 16.8. The third kappa shape index (κ3) is 26.9. The number of esters is 1. The summed E-state index contributed by atoms with van der Waals surface area (Å²) in [6, 6.07) is 19.1. The summed E-state index contributed by atoms with van der Waals surface area (Å²) in [5, 5.41) is 5.66. The van der Waals surface area contributed by atoms with Gasteiger partial charge in [-0.15, -0.1) is 0 Å². The molecule has 6 amide bonds. The van der Waals surface area contributed by atoms with Gasteiger partial charge in [-0.3, -0.25) is 53.2 Å². The molecule has 9 rings (SSSR count). The number of imide groups is 1. The molecule has 0 aromatic heterocycles. The molecule has 5 aliphatic heterocycles. The van der Waals surface area contributed by atoms with Gasteiger partial charge >= 0.3 is 5.97 Å². The second-order valence-electron chi connectivity index (χ2n) is 28.4. The molecule has 0 aliphatic carbocycles. The first kappa shape index (κ1) is 85.5. The molecule has 2 N–H and O–H groups in total. The van der Waals surface area contributed by atoms with E-state index in [9.17, 15) is 38.4 Å². The van der Waals surface area contributed by atoms with Gasteiger partial charge in [-0.05, 0) is 117 Å². The number of aliphatic imine (C=N–C) groups is 2. The lowest BCUT2D eigenvalue weighted by Gasteiger charge is -2.22. The van der Waals surface area contributed by atoms with Crippen LogP contribution in [-0.2, 0) is 97.6 Å². The van der Waals surface area contributed by atoms with Gasteiger partial charge in [-0.25, -0.2) is 0 Å². The highest BCUT2D eigenvalue weighted by atomic mass is 16.6. The summed E-state index contributed by atoms with van der Waals surface area (Å²) in [5.41, 5.74) is 8.64. The predicted octanol–water partition coefficient (Wildman–Crippen LogP) is 9.41. The number of ether oxygens (including phenoxy) is 12. The first-order chi connectivity index (χ1) is 53.7. The van der Waals surface area contributed by atoms with Crippen LogP contribution in [0.4, 0.5) is 11.4 Å². The van der Waals surface area contributed by atoms with E-state index in [1.807, 2.05) is 102 Å². The van der Waals surface area contributed by atoms with Crippen molar-refractivity contribution in [2.45, 2.75) is 144 Å². The van der Waals surface area contributed by atoms with E-state index in [4.69, 9.17) is 66.8 Å². The minimum absolute atomic E-state index is 0.0329. The van der Waals surface area contributed by atoms with E-state index in [1.165, 1.54) is 7.11 Å². The van der Waals surface area contributed by atoms with Crippen LogP contribution in [0, 0.1) is 36.5 Å². The van der Waals surface area contributed by atoms with Crippen LogP contribution in [0.1, 0.15) is 147 Å². The van der Waals surface area contributed by atoms with Gasteiger partial charge in [0.05, 0.1) is 153 Å². The number of benzene rings is 4. The summed E-state index contributed by atoms with van der Waals surface area (Å²) < 4.78 is 68.8. The van der Waals surface area contributed by atoms with Crippen molar-refractivity contribution in [1.82, 2.24) is 25.3 Å². The van der Waals surface area contributed by atoms with Gasteiger partial charge in [0.25, 0.3) is 11.8 Å². The van der Waals surface area contributed by atoms with Crippen molar-refractivity contribution < 1.29 is 95.2 Å². The van der Waals surface area contributed by atoms with Crippen molar-refractivity contribution in [3.05, 3.63) is 135 Å². The fourth-order valence-electron chi connectivity index (χ4n) is 13.0. The summed E-state index contributed by atoms with van der Waals surface area (Å²) in [6.07, 6.45) is 10.7. The minimum Gasteiger partial charge on any atom is -0.493 e. The summed E-state index contributed by atoms with van der Waals surface area (Å²) in [5.74, 6) is 5.43. The Bertz CT molecular complexity index is 4050. The van der Waals surface area contributed by atoms with Crippen LogP contribution in [0.5, 0.6) is 17.2 Å². The molecule has 0 spiro atoms. The zero-order valence-corrected chi connectivity index (χ0v) is 65.2. The topological polar surface area (TPSA) is 306 Å². The molecule has 27 nitrogen and oxygen atoms in total. The van der Waals surface area contributed by atoms with Crippen molar-refractivity contribution in [2.24, 2.45) is 27.7 Å². The SMILES string of the molecule is COc1cc2c(cc1OCc1cc(C#CCCC(=O)OCc3ccc(CC(=O)[C@H](C)NC(=O)[C@@H](CCCOCCOCCOCCOCCOCCOCCOCCOCCNC(=O)CCN4C(=O)CC(C)C4=O)C(C)C)cc3)cc(COc3cc4c(cc3C)C(=O)N3C=C(C)C[C@H]3C=N4)c1)N=C[C@@H]1CC(C)=CN1C2=O. The first-order valence-corrected chi connectivity index (χ1v) is 38.3. The fourth-order valence-corrected chi connectivity index (χ4v) is 13.0. The summed E-state index contributed by atoms with van der Waals surface area (Å²) in [6.45, 7) is 20.5. The predicted molar refractivity (Wildman–Crippen MR) is 413 cm³/mol. The molecule has 1 fully saturated rings. The molecule has 0 saturated carbocycles. The van der Waals surface area contributed by atoms with Crippen LogP contribution in [0.3, 0.4) is 0 Å². The number of carbonyl (C=O) groups excluding carboxylic acids is 8. The molecule has 111 heavy (non-hydrogen) atoms. The largest absolute Gasteiger partial charge is 0.493 e. The number of nitrogens with zero attached hydrogens (tertiary/aromatic N) is 5. The molecule has 27 heteroatoms. The van der Waals surface area contributed by atoms with Crippen molar-refractivity contribution in [1.29, 1.82) is 0 Å². The zero-order chi connectivity index (χ0) is 79.0. The lowest BCUT2D eigenvalue weighted by Crippen LogP contribution is -2.43. The summed E-state index contributed by atoms with van der Waals surface area (Å²) >= 11 is 0. The van der Waals surface area contributed by atoms with E-state index in [2.05, 4.69) is 22.5 Å². The number of nitrogens with one attached hydrogen (secondary N) is 2. The molecule has 5 aliphatic rings. The fraction of sp³-hybridized carbons (Fsp3) is 0.524. The molecule has 5 heterocycles. The van der Waals surface area contributed by atoms with Gasteiger partial charge in [0.1, 0.15) is 25.6 Å². The monoisotopic (exact) mass is 1530 g/mol. The van der Waals surface area contributed by atoms with Gasteiger partial charge in [0, 0.05) is 99.7 Å². The van der Waals surface area contributed by atoms with Crippen LogP contribution >= 0.6 is 0 Å². The highest BCUT2D eigenvalue weighted by Gasteiger charge is 2.37. The minimum atomic E-state index is -0.702. The maximum atomic E-state index is 13.7. The molecule has 4 aromatic rings. The Morgan fingerprint density at radius 3 is 1.62 bits per heavy atom. The van der Waals surface area contributed by atoms with Gasteiger partial charge in [0.2, 0.25) is 23.6 Å². The maximum Gasteiger partial charge on any atom is 0.307 e. The van der Waals surface area contributed by atoms with Gasteiger partial charge in [-0.1, -0.05) is 68.0 Å². The number of carbonyl (C=O) groups is 8. The van der Waals surface area contributed by atoms with Crippen LogP contribution in [0.2, 0.25) is 0 Å². The van der Waals surface area contributed by atoms with E-state index in [0.29, 0.717) is 177 Å². The summed E-state index contributed by atoms with van der Waals surface area (Å²) in [4.78, 5) is 117. The molecular formula is C84H107N7O20. The van der Waals surface area contributed by atoms with Crippen LogP contribution in [0.15, 0.2) is 100 Å². The molecular weight excluding hydrogens is 1430 g/mol. The number of hydrogen-bond donors (Lipinski definition) is 2. The Morgan fingerprint density at radius 2 is 1.09 bits per heavy atom. The Labute approximate surface area is 650 Å². The van der Waals surface area contributed by atoms with E-state index in [-0.39, 0.29) is 130 Å². The maximum absolute atomic E-state index is 13.7. The third-order valence-electron chi connectivity index (χ3n) is 19.1. The van der Waals surface area contributed by atoms with E-state index in [1.54, 1.807) is 48.1 Å². The quantitative estimate of drug-likeness (QED) is 0.0180. The highest BCUT2D eigenvalue weighted by Crippen LogP contribution is 2.40. The number of methoxy groups -OCH3 is 1. The molecule has 1 unspecified atom stereocenters. The number of aryl methyl sites for hydroxylation is 1. The Balaban J connectivity index is 0.602. The average Bonchev–Trinajstić information content (AvgIpc) is 1.68. The van der Waals surface area contributed by atoms with Gasteiger partial charge in [-0.2, -0.15) is 0 Å². The molecule has 1 saturated heterocycles. The lowest BCUT2D eigenvalue weighted by atomic mass is 9.90. The third-order valence-corrected chi connectivity index (χ3v) is 19.1. The standard InChI is InChI=1S/C84H107N7O20/c1-56(2)69(13-11-22-101-24-26-103-28-30-105-32-34-107-36-37-108-35-33-106-31-29-104-27-25-102-23-20-85-78(93)19-21-89-79(94)41-60(6)82(89)97)81(96)88-61(7)74(92)45-62-15-17-63(18-16-62)53-111-80(95)14-10-9-12-64-42-65(54-109-75-47-72-70(40-59(75)5)83(98)90-51-57(3)38-67(90)49-86-72)44-66(43-64)55-110-77-48-73-71(46-76(77)100-8)84(99)91-52-58(4)39-68(91)50-87-73/h15-18,40,42-44,46-52,56,60-61,67-69H,10-11,13-14,19-39,41,45,53-55H2,1-8H3,(H,85,93)(H,88,96)/t60?,61-,67-,68-,69-/m0/s1. The molecule has 5 atom stereocenters. The smallest absolute Gasteiger partial charge is 0.307 e. The molecule has 0 radical (unpaired) electrons. The highest BCUT2D eigenvalue weighted by molar-refractivity contribution is 6.06. The number of Topliss-reactive ketones (excluding diaryl/α,β-unsaturated/α-hetero) is 1. The first-order valence-electron chi connectivity index (χ1n) is 38.3. The van der Waals surface area contributed by atoms with E-state index in [0.717, 1.165) is 50.3 Å². The number of fused-ring (bicyclic) bond motifs is 4. The van der Waals surface area contributed by atoms with Crippen LogP contribution < -0.4 is 24.8 Å². The number of hydrogen-bond acceptors (Lipinski definition) is 22. The Morgan fingerprint density at radius 1 is 0.577 bits per heavy atom. The van der Waals surface area contributed by atoms with E-state index >= 15 is 0 Å². The summed E-state index contributed by atoms with van der Waals surface area (Å²) in [7, 11) is 1.52. The average molecular weight is 1530 g/mol. The molecule has 0 bridgehead atoms. The van der Waals surface area contributed by atoms with Crippen molar-refractivity contribution in [2.75, 3.05) is 126 Å². The zero-order valence-electron chi connectivity index (χ0n) is 65.2. The Hall–Kier alpha value is -9.50. The van der Waals surface area contributed by atoms with Crippen LogP contribution in [0.25, 0.3) is 0 Å². The number of rotatable bonds is 48. The second kappa shape index (κ2) is 44.5.